The van der Waals surface area contributed by atoms with Gasteiger partial charge in [0, 0.05) is 42.1 Å². The molecule has 1 aliphatic carbocycles. The summed E-state index contributed by atoms with van der Waals surface area (Å²) in [5.41, 5.74) is 0.388. The Hall–Kier alpha value is -3.85. The summed E-state index contributed by atoms with van der Waals surface area (Å²) in [5, 5.41) is 3.73. The van der Waals surface area contributed by atoms with Gasteiger partial charge in [0.1, 0.15) is 12.4 Å². The molecule has 3 amide bonds. The molecule has 0 bridgehead atoms. The lowest BCUT2D eigenvalue weighted by Crippen LogP contribution is -2.42. The average molecular weight is 554 g/mol. The lowest BCUT2D eigenvalue weighted by atomic mass is 9.95. The molecule has 5 rings (SSSR count). The Kier molecular flexibility index (Phi) is 12.3. The number of hydrogen-bond acceptors (Lipinski definition) is 5. The minimum absolute atomic E-state index is 0.0799. The highest BCUT2D eigenvalue weighted by atomic mass is 35.5. The number of halogens is 2. The van der Waals surface area contributed by atoms with E-state index in [1.807, 2.05) is 30.3 Å². The van der Waals surface area contributed by atoms with Crippen LogP contribution < -0.4 is 15.1 Å². The van der Waals surface area contributed by atoms with Gasteiger partial charge >= 0.3 is 0 Å². The van der Waals surface area contributed by atoms with Crippen molar-refractivity contribution in [3.63, 3.8) is 0 Å². The van der Waals surface area contributed by atoms with E-state index in [-0.39, 0.29) is 24.4 Å². The smallest absolute Gasteiger partial charge is 0.240 e. The van der Waals surface area contributed by atoms with E-state index in [0.29, 0.717) is 24.5 Å². The normalized spacial score (nSPS) is 14.8. The van der Waals surface area contributed by atoms with Gasteiger partial charge in [0.25, 0.3) is 0 Å². The summed E-state index contributed by atoms with van der Waals surface area (Å²) in [5.74, 6) is 0.0245. The fraction of sp³-hybridized carbons (Fsp3) is 0.345. The van der Waals surface area contributed by atoms with Crippen molar-refractivity contribution in [1.29, 1.82) is 0 Å². The number of hydrogen-bond donors (Lipinski definition) is 1. The fourth-order valence-electron chi connectivity index (χ4n) is 4.22. The summed E-state index contributed by atoms with van der Waals surface area (Å²) in [6.45, 7) is 0.673. The highest BCUT2D eigenvalue weighted by Crippen LogP contribution is 2.18. The minimum atomic E-state index is -0.429. The molecule has 1 aliphatic heterocycles. The van der Waals surface area contributed by atoms with Crippen molar-refractivity contribution in [2.24, 2.45) is 0 Å². The summed E-state index contributed by atoms with van der Waals surface area (Å²) in [6.07, 6.45) is 10.8. The van der Waals surface area contributed by atoms with Crippen molar-refractivity contribution in [2.45, 2.75) is 51.0 Å². The van der Waals surface area contributed by atoms with E-state index in [1.165, 1.54) is 29.5 Å². The van der Waals surface area contributed by atoms with E-state index in [2.05, 4.69) is 15.3 Å². The number of carbonyl (C=O) groups excluding carboxylic acids is 3. The van der Waals surface area contributed by atoms with Crippen LogP contribution in [0.2, 0.25) is 5.02 Å². The zero-order valence-electron chi connectivity index (χ0n) is 21.7. The van der Waals surface area contributed by atoms with E-state index in [9.17, 15) is 18.8 Å². The Morgan fingerprint density at radius 1 is 1.03 bits per heavy atom. The van der Waals surface area contributed by atoms with Gasteiger partial charge in [-0.2, -0.15) is 0 Å². The molecular formula is C29H33ClFN5O3. The number of carbonyl (C=O) groups is 3. The number of rotatable bonds is 6. The average Bonchev–Trinajstić information content (AvgIpc) is 3.39. The molecule has 39 heavy (non-hydrogen) atoms. The van der Waals surface area contributed by atoms with Crippen LogP contribution in [0.25, 0.3) is 0 Å². The minimum Gasteiger partial charge on any atom is -0.352 e. The molecule has 1 saturated carbocycles. The maximum atomic E-state index is 13.1. The number of nitrogens with one attached hydrogen (secondary N) is 1. The molecule has 2 aliphatic rings. The van der Waals surface area contributed by atoms with Crippen LogP contribution >= 0.6 is 11.6 Å². The maximum Gasteiger partial charge on any atom is 0.240 e. The third-order valence-electron chi connectivity index (χ3n) is 6.15. The molecule has 0 atom stereocenters. The van der Waals surface area contributed by atoms with Crippen LogP contribution in [0.4, 0.5) is 16.0 Å². The van der Waals surface area contributed by atoms with Crippen LogP contribution in [0, 0.1) is 5.82 Å². The van der Waals surface area contributed by atoms with Gasteiger partial charge in [-0.1, -0.05) is 55.1 Å². The SMILES string of the molecule is Clc1ccccc1.O=C1CCCN1c1ncccn1.O=CN(CC(=O)NC1CCCCC1)c1cccc(F)c1. The van der Waals surface area contributed by atoms with Crippen LogP contribution in [0.3, 0.4) is 0 Å². The molecule has 206 valence electrons. The van der Waals surface area contributed by atoms with E-state index >= 15 is 0 Å². The van der Waals surface area contributed by atoms with Crippen LogP contribution in [-0.4, -0.2) is 47.3 Å². The fourth-order valence-corrected chi connectivity index (χ4v) is 4.37. The molecule has 10 heteroatoms. The maximum absolute atomic E-state index is 13.1. The number of benzene rings is 2. The summed E-state index contributed by atoms with van der Waals surface area (Å²) < 4.78 is 13.1. The molecule has 3 aromatic rings. The summed E-state index contributed by atoms with van der Waals surface area (Å²) >= 11 is 5.54. The zero-order valence-corrected chi connectivity index (χ0v) is 22.5. The quantitative estimate of drug-likeness (QED) is 0.424. The van der Waals surface area contributed by atoms with E-state index in [4.69, 9.17) is 11.6 Å². The largest absolute Gasteiger partial charge is 0.352 e. The topological polar surface area (TPSA) is 95.5 Å². The van der Waals surface area contributed by atoms with E-state index in [0.717, 1.165) is 43.7 Å². The predicted octanol–water partition coefficient (Wildman–Crippen LogP) is 5.18. The van der Waals surface area contributed by atoms with Gasteiger partial charge in [-0.05, 0) is 55.7 Å². The molecule has 0 unspecified atom stereocenters. The Balaban J connectivity index is 0.000000185. The number of nitrogens with zero attached hydrogens (tertiary/aromatic N) is 4. The number of aromatic nitrogens is 2. The van der Waals surface area contributed by atoms with Gasteiger partial charge in [-0.15, -0.1) is 0 Å². The standard InChI is InChI=1S/C15H19FN2O2.C8H9N3O.C6H5Cl/c16-12-5-4-8-14(9-12)18(11-19)10-15(20)17-13-6-2-1-3-7-13;12-7-3-1-6-11(7)8-9-4-2-5-10-8;7-6-4-2-1-3-5-6/h4-5,8-9,11,13H,1-3,6-7,10H2,(H,17,20);2,4-5H,1,3,6H2;1-5H. The number of amides is 3. The third-order valence-corrected chi connectivity index (χ3v) is 6.40. The molecule has 2 fully saturated rings. The third kappa shape index (κ3) is 10.4. The van der Waals surface area contributed by atoms with E-state index in [1.54, 1.807) is 29.4 Å². The van der Waals surface area contributed by atoms with Gasteiger partial charge < -0.3 is 10.2 Å². The van der Waals surface area contributed by atoms with Crippen molar-refractivity contribution >= 4 is 41.5 Å². The first-order valence-corrected chi connectivity index (χ1v) is 13.4. The van der Waals surface area contributed by atoms with Crippen molar-refractivity contribution in [2.75, 3.05) is 22.9 Å². The first kappa shape index (κ1) is 29.7. The Morgan fingerprint density at radius 2 is 1.74 bits per heavy atom. The monoisotopic (exact) mass is 553 g/mol. The summed E-state index contributed by atoms with van der Waals surface area (Å²) in [6, 6.07) is 17.0. The second kappa shape index (κ2) is 16.2. The van der Waals surface area contributed by atoms with Crippen molar-refractivity contribution in [3.8, 4) is 0 Å². The lowest BCUT2D eigenvalue weighted by Gasteiger charge is -2.24. The summed E-state index contributed by atoms with van der Waals surface area (Å²) in [4.78, 5) is 45.1. The van der Waals surface area contributed by atoms with Crippen LogP contribution in [0.15, 0.2) is 73.1 Å². The Labute approximate surface area is 233 Å². The Morgan fingerprint density at radius 3 is 2.31 bits per heavy atom. The lowest BCUT2D eigenvalue weighted by molar-refractivity contribution is -0.121. The Bertz CT molecular complexity index is 1180. The van der Waals surface area contributed by atoms with Gasteiger partial charge in [-0.25, -0.2) is 14.4 Å². The van der Waals surface area contributed by atoms with Crippen LogP contribution in [0.5, 0.6) is 0 Å². The molecule has 0 spiro atoms. The van der Waals surface area contributed by atoms with Gasteiger partial charge in [0.05, 0.1) is 0 Å². The molecular weight excluding hydrogens is 521 g/mol. The van der Waals surface area contributed by atoms with Crippen LogP contribution in [-0.2, 0) is 14.4 Å². The second-order valence-electron chi connectivity index (χ2n) is 9.11. The van der Waals surface area contributed by atoms with E-state index < -0.39 is 5.82 Å². The predicted molar refractivity (Wildman–Crippen MR) is 150 cm³/mol. The van der Waals surface area contributed by atoms with Crippen molar-refractivity contribution < 1.29 is 18.8 Å². The van der Waals surface area contributed by atoms with Gasteiger partial charge in [0.2, 0.25) is 24.2 Å². The molecule has 1 N–H and O–H groups in total. The highest BCUT2D eigenvalue weighted by molar-refractivity contribution is 6.30. The van der Waals surface area contributed by atoms with Gasteiger partial charge in [0.15, 0.2) is 0 Å². The molecule has 1 aromatic heterocycles. The first-order chi connectivity index (χ1) is 19.0. The zero-order chi connectivity index (χ0) is 27.9. The molecule has 2 heterocycles. The van der Waals surface area contributed by atoms with Crippen LogP contribution in [0.1, 0.15) is 44.9 Å². The van der Waals surface area contributed by atoms with Crippen molar-refractivity contribution in [1.82, 2.24) is 15.3 Å². The molecule has 1 saturated heterocycles. The molecule has 0 radical (unpaired) electrons. The van der Waals surface area contributed by atoms with Crippen molar-refractivity contribution in [3.05, 3.63) is 83.9 Å². The molecule has 2 aromatic carbocycles. The molecule has 8 nitrogen and oxygen atoms in total. The first-order valence-electron chi connectivity index (χ1n) is 13.0. The highest BCUT2D eigenvalue weighted by Gasteiger charge is 2.23. The van der Waals surface area contributed by atoms with Gasteiger partial charge in [-0.3, -0.25) is 19.3 Å². The number of anilines is 2. The second-order valence-corrected chi connectivity index (χ2v) is 9.55. The summed E-state index contributed by atoms with van der Waals surface area (Å²) in [7, 11) is 0.